The van der Waals surface area contributed by atoms with Crippen molar-refractivity contribution in [3.05, 3.63) is 48.0 Å². The van der Waals surface area contributed by atoms with E-state index in [9.17, 15) is 4.79 Å². The highest BCUT2D eigenvalue weighted by Crippen LogP contribution is 2.28. The maximum absolute atomic E-state index is 12.3. The Bertz CT molecular complexity index is 588. The summed E-state index contributed by atoms with van der Waals surface area (Å²) < 4.78 is 5.35. The van der Waals surface area contributed by atoms with E-state index >= 15 is 0 Å². The third kappa shape index (κ3) is 2.99. The molecule has 0 aliphatic carbocycles. The molecule has 1 aliphatic rings. The van der Waals surface area contributed by atoms with Crippen LogP contribution in [0.15, 0.2) is 42.5 Å². The van der Waals surface area contributed by atoms with Crippen LogP contribution >= 0.6 is 10.9 Å². The van der Waals surface area contributed by atoms with Crippen molar-refractivity contribution in [1.82, 2.24) is 0 Å². The van der Waals surface area contributed by atoms with Gasteiger partial charge in [0.15, 0.2) is 5.78 Å². The van der Waals surface area contributed by atoms with Gasteiger partial charge in [-0.15, -0.1) is 0 Å². The van der Waals surface area contributed by atoms with Crippen molar-refractivity contribution < 1.29 is 9.53 Å². The summed E-state index contributed by atoms with van der Waals surface area (Å²) in [4.78, 5) is 12.3. The molecule has 1 aliphatic heterocycles. The first-order valence-corrected chi connectivity index (χ1v) is 8.55. The van der Waals surface area contributed by atoms with Crippen LogP contribution in [0.1, 0.15) is 10.4 Å². The molecule has 0 aromatic heterocycles. The predicted molar refractivity (Wildman–Crippen MR) is 82.7 cm³/mol. The molecule has 19 heavy (non-hydrogen) atoms. The molecule has 3 rings (SSSR count). The van der Waals surface area contributed by atoms with E-state index in [0.717, 1.165) is 41.4 Å². The molecule has 1 fully saturated rings. The third-order valence-corrected chi connectivity index (χ3v) is 5.91. The number of hydrogen-bond donors (Lipinski definition) is 1. The minimum Gasteiger partial charge on any atom is -0.380 e. The smallest absolute Gasteiger partial charge is 0.171 e. The Morgan fingerprint density at radius 3 is 2.58 bits per heavy atom. The average molecular weight is 274 g/mol. The van der Waals surface area contributed by atoms with Crippen LogP contribution in [0.2, 0.25) is 0 Å². The van der Waals surface area contributed by atoms with Gasteiger partial charge in [-0.2, -0.15) is 0 Å². The van der Waals surface area contributed by atoms with Gasteiger partial charge in [0.2, 0.25) is 0 Å². The van der Waals surface area contributed by atoms with Crippen LogP contribution in [-0.2, 0) is 4.74 Å². The van der Waals surface area contributed by atoms with E-state index in [0.29, 0.717) is 5.78 Å². The van der Waals surface area contributed by atoms with Crippen molar-refractivity contribution in [2.45, 2.75) is 0 Å². The van der Waals surface area contributed by atoms with Crippen LogP contribution in [0.3, 0.4) is 0 Å². The molecule has 2 aromatic carbocycles. The van der Waals surface area contributed by atoms with E-state index in [1.54, 1.807) is 0 Å². The zero-order valence-electron chi connectivity index (χ0n) is 10.8. The highest BCUT2D eigenvalue weighted by atomic mass is 32.2. The fraction of sp³-hybridized carbons (Fsp3) is 0.312. The highest BCUT2D eigenvalue weighted by Gasteiger charge is 2.15. The van der Waals surface area contributed by atoms with E-state index in [1.807, 2.05) is 30.3 Å². The van der Waals surface area contributed by atoms with Crippen LogP contribution < -0.4 is 0 Å². The Morgan fingerprint density at radius 1 is 1.05 bits per heavy atom. The topological polar surface area (TPSA) is 26.3 Å². The van der Waals surface area contributed by atoms with Crippen molar-refractivity contribution >= 4 is 27.5 Å². The molecule has 0 spiro atoms. The van der Waals surface area contributed by atoms with E-state index in [4.69, 9.17) is 4.74 Å². The zero-order valence-corrected chi connectivity index (χ0v) is 11.7. The summed E-state index contributed by atoms with van der Waals surface area (Å²) in [5.74, 6) is 3.17. The SMILES string of the molecule is O=C(C[SH]1CCOCC1)c1ccc2ccccc2c1. The summed E-state index contributed by atoms with van der Waals surface area (Å²) in [6.07, 6.45) is 0. The summed E-state index contributed by atoms with van der Waals surface area (Å²) >= 11 is 0. The van der Waals surface area contributed by atoms with Crippen molar-refractivity contribution in [1.29, 1.82) is 0 Å². The quantitative estimate of drug-likeness (QED) is 0.688. The number of Topliss-reactive ketones (excluding diaryl/α,β-unsaturated/α-hetero) is 1. The Hall–Kier alpha value is -1.32. The van der Waals surface area contributed by atoms with Gasteiger partial charge >= 0.3 is 0 Å². The monoisotopic (exact) mass is 274 g/mol. The first kappa shape index (κ1) is 12.7. The first-order chi connectivity index (χ1) is 9.33. The van der Waals surface area contributed by atoms with Gasteiger partial charge in [0.05, 0.1) is 13.2 Å². The zero-order chi connectivity index (χ0) is 13.1. The first-order valence-electron chi connectivity index (χ1n) is 6.65. The van der Waals surface area contributed by atoms with Gasteiger partial charge in [0.1, 0.15) is 0 Å². The second-order valence-corrected chi connectivity index (χ2v) is 7.43. The highest BCUT2D eigenvalue weighted by molar-refractivity contribution is 8.17. The van der Waals surface area contributed by atoms with Gasteiger partial charge in [-0.05, 0) is 28.3 Å². The number of carbonyl (C=O) groups is 1. The molecular formula is C16H18O2S. The standard InChI is InChI=1S/C16H18O2S/c17-16(12-19-9-7-18-8-10-19)15-6-5-13-3-1-2-4-14(13)11-15/h1-6,11,19H,7-10,12H2. The number of rotatable bonds is 3. The number of ketones is 1. The summed E-state index contributed by atoms with van der Waals surface area (Å²) in [5, 5.41) is 2.34. The fourth-order valence-corrected chi connectivity index (χ4v) is 4.32. The van der Waals surface area contributed by atoms with Gasteiger partial charge in [-0.1, -0.05) is 36.4 Å². The molecule has 1 heterocycles. The van der Waals surface area contributed by atoms with Crippen LogP contribution in [-0.4, -0.2) is 36.3 Å². The molecule has 2 aromatic rings. The summed E-state index contributed by atoms with van der Waals surface area (Å²) in [7, 11) is -0.153. The maximum Gasteiger partial charge on any atom is 0.171 e. The Morgan fingerprint density at radius 2 is 1.79 bits per heavy atom. The molecule has 0 N–H and O–H groups in total. The van der Waals surface area contributed by atoms with E-state index in [2.05, 4.69) is 12.1 Å². The van der Waals surface area contributed by atoms with E-state index in [1.165, 1.54) is 5.39 Å². The third-order valence-electron chi connectivity index (χ3n) is 3.54. The molecule has 0 radical (unpaired) electrons. The molecule has 0 unspecified atom stereocenters. The molecule has 0 saturated carbocycles. The van der Waals surface area contributed by atoms with E-state index < -0.39 is 0 Å². The molecule has 100 valence electrons. The lowest BCUT2D eigenvalue weighted by Gasteiger charge is -2.25. The van der Waals surface area contributed by atoms with Crippen LogP contribution in [0.5, 0.6) is 0 Å². The summed E-state index contributed by atoms with van der Waals surface area (Å²) in [6, 6.07) is 14.2. The normalized spacial score (nSPS) is 17.6. The largest absolute Gasteiger partial charge is 0.380 e. The summed E-state index contributed by atoms with van der Waals surface area (Å²) in [5.41, 5.74) is 0.854. The lowest BCUT2D eigenvalue weighted by atomic mass is 10.1. The van der Waals surface area contributed by atoms with Crippen molar-refractivity contribution in [3.8, 4) is 0 Å². The number of benzene rings is 2. The lowest BCUT2D eigenvalue weighted by molar-refractivity contribution is 0.102. The fourth-order valence-electron chi connectivity index (χ4n) is 2.42. The number of hydrogen-bond acceptors (Lipinski definition) is 2. The van der Waals surface area contributed by atoms with Crippen molar-refractivity contribution in [2.75, 3.05) is 30.5 Å². The number of fused-ring (bicyclic) bond motifs is 1. The van der Waals surface area contributed by atoms with Gasteiger partial charge in [0.25, 0.3) is 0 Å². The van der Waals surface area contributed by atoms with Gasteiger partial charge in [-0.25, -0.2) is 10.9 Å². The Balaban J connectivity index is 1.77. The van der Waals surface area contributed by atoms with Crippen molar-refractivity contribution in [3.63, 3.8) is 0 Å². The molecule has 0 bridgehead atoms. The molecule has 3 heteroatoms. The summed E-state index contributed by atoms with van der Waals surface area (Å²) in [6.45, 7) is 1.66. The minimum atomic E-state index is -0.153. The van der Waals surface area contributed by atoms with Crippen molar-refractivity contribution in [2.24, 2.45) is 0 Å². The van der Waals surface area contributed by atoms with Gasteiger partial charge < -0.3 is 4.74 Å². The van der Waals surface area contributed by atoms with E-state index in [-0.39, 0.29) is 10.9 Å². The minimum absolute atomic E-state index is 0.153. The van der Waals surface area contributed by atoms with Crippen LogP contribution in [0.25, 0.3) is 10.8 Å². The average Bonchev–Trinajstić information content (AvgIpc) is 2.48. The lowest BCUT2D eigenvalue weighted by Crippen LogP contribution is -2.20. The predicted octanol–water partition coefficient (Wildman–Crippen LogP) is 3.05. The molecule has 2 nitrogen and oxygen atoms in total. The number of ether oxygens (including phenoxy) is 1. The maximum atomic E-state index is 12.3. The molecule has 1 saturated heterocycles. The molecule has 0 amide bonds. The number of carbonyl (C=O) groups excluding carboxylic acids is 1. The number of thiol groups is 1. The van der Waals surface area contributed by atoms with Gasteiger partial charge in [-0.3, -0.25) is 4.79 Å². The van der Waals surface area contributed by atoms with Crippen LogP contribution in [0, 0.1) is 0 Å². The Labute approximate surface area is 116 Å². The second-order valence-electron chi connectivity index (χ2n) is 4.87. The second kappa shape index (κ2) is 5.76. The Kier molecular flexibility index (Phi) is 3.85. The van der Waals surface area contributed by atoms with Gasteiger partial charge in [0, 0.05) is 11.3 Å². The van der Waals surface area contributed by atoms with Crippen LogP contribution in [0.4, 0.5) is 0 Å². The molecular weight excluding hydrogens is 256 g/mol. The molecule has 0 atom stereocenters.